The second-order valence-corrected chi connectivity index (χ2v) is 7.21. The van der Waals surface area contributed by atoms with E-state index in [2.05, 4.69) is 13.8 Å². The Labute approximate surface area is 126 Å². The molecule has 3 heteroatoms. The van der Waals surface area contributed by atoms with Gasteiger partial charge in [0.1, 0.15) is 17.2 Å². The molecule has 1 aliphatic carbocycles. The summed E-state index contributed by atoms with van der Waals surface area (Å²) in [7, 11) is 0. The molecule has 0 bridgehead atoms. The Balaban J connectivity index is 1.83. The van der Waals surface area contributed by atoms with Crippen LogP contribution in [0.25, 0.3) is 0 Å². The van der Waals surface area contributed by atoms with Gasteiger partial charge in [-0.15, -0.1) is 0 Å². The first kappa shape index (κ1) is 14.8. The summed E-state index contributed by atoms with van der Waals surface area (Å²) in [4.78, 5) is 0. The Kier molecular flexibility index (Phi) is 3.96. The third-order valence-corrected chi connectivity index (χ3v) is 5.41. The number of ether oxygens (including phenoxy) is 1. The van der Waals surface area contributed by atoms with E-state index in [0.29, 0.717) is 5.75 Å². The van der Waals surface area contributed by atoms with E-state index in [1.807, 2.05) is 0 Å². The first-order valence-corrected chi connectivity index (χ1v) is 8.23. The van der Waals surface area contributed by atoms with E-state index in [9.17, 15) is 4.39 Å². The number of hydrogen-bond acceptors (Lipinski definition) is 2. The summed E-state index contributed by atoms with van der Waals surface area (Å²) < 4.78 is 19.8. The molecule has 0 aromatic heterocycles. The van der Waals surface area contributed by atoms with Crippen molar-refractivity contribution in [2.75, 3.05) is 0 Å². The van der Waals surface area contributed by atoms with E-state index in [-0.39, 0.29) is 17.5 Å². The van der Waals surface area contributed by atoms with Crippen LogP contribution in [0.5, 0.6) is 5.75 Å². The van der Waals surface area contributed by atoms with Gasteiger partial charge in [-0.05, 0) is 43.6 Å². The van der Waals surface area contributed by atoms with Gasteiger partial charge in [-0.25, -0.2) is 4.39 Å². The number of rotatable bonds is 1. The van der Waals surface area contributed by atoms with E-state index in [1.165, 1.54) is 31.4 Å². The minimum atomic E-state index is -0.244. The highest BCUT2D eigenvalue weighted by Crippen LogP contribution is 2.46. The van der Waals surface area contributed by atoms with E-state index in [0.717, 1.165) is 36.7 Å². The van der Waals surface area contributed by atoms with Gasteiger partial charge in [-0.1, -0.05) is 26.3 Å². The van der Waals surface area contributed by atoms with Crippen LogP contribution in [0.2, 0.25) is 0 Å². The molecule has 1 heterocycles. The van der Waals surface area contributed by atoms with Gasteiger partial charge in [0.25, 0.3) is 0 Å². The summed E-state index contributed by atoms with van der Waals surface area (Å²) >= 11 is 0. The van der Waals surface area contributed by atoms with Crippen molar-refractivity contribution in [1.29, 1.82) is 0 Å². The molecule has 1 saturated carbocycles. The molecule has 1 aromatic carbocycles. The molecule has 3 atom stereocenters. The number of fused-ring (bicyclic) bond motifs is 1. The molecule has 3 rings (SSSR count). The molecule has 0 radical (unpaired) electrons. The van der Waals surface area contributed by atoms with Crippen LogP contribution >= 0.6 is 0 Å². The summed E-state index contributed by atoms with van der Waals surface area (Å²) in [5.74, 6) is 1.92. The highest BCUT2D eigenvalue weighted by Gasteiger charge is 2.41. The first-order chi connectivity index (χ1) is 9.99. The second kappa shape index (κ2) is 5.60. The molecule has 0 saturated heterocycles. The zero-order valence-corrected chi connectivity index (χ0v) is 13.1. The van der Waals surface area contributed by atoms with Crippen LogP contribution < -0.4 is 10.5 Å². The van der Waals surface area contributed by atoms with Crippen LogP contribution in [0.3, 0.4) is 0 Å². The number of nitrogens with two attached hydrogens (primary N) is 1. The van der Waals surface area contributed by atoms with Crippen molar-refractivity contribution >= 4 is 0 Å². The van der Waals surface area contributed by atoms with Crippen LogP contribution in [0.4, 0.5) is 4.39 Å². The largest absolute Gasteiger partial charge is 0.487 e. The van der Waals surface area contributed by atoms with Gasteiger partial charge < -0.3 is 10.5 Å². The van der Waals surface area contributed by atoms with Gasteiger partial charge >= 0.3 is 0 Å². The molecule has 21 heavy (non-hydrogen) atoms. The number of hydrogen-bond donors (Lipinski definition) is 1. The van der Waals surface area contributed by atoms with Crippen molar-refractivity contribution in [1.82, 2.24) is 0 Å². The molecule has 3 unspecified atom stereocenters. The average molecular weight is 291 g/mol. The predicted molar refractivity (Wildman–Crippen MR) is 82.7 cm³/mol. The molecule has 116 valence electrons. The van der Waals surface area contributed by atoms with Crippen LogP contribution in [0.15, 0.2) is 18.2 Å². The molecule has 2 nitrogen and oxygen atoms in total. The molecule has 1 aromatic rings. The lowest BCUT2D eigenvalue weighted by Crippen LogP contribution is -2.42. The van der Waals surface area contributed by atoms with Gasteiger partial charge in [0.05, 0.1) is 0 Å². The van der Waals surface area contributed by atoms with Crippen LogP contribution in [-0.4, -0.2) is 5.60 Å². The average Bonchev–Trinajstić information content (AvgIpc) is 2.61. The summed E-state index contributed by atoms with van der Waals surface area (Å²) in [5.41, 5.74) is 7.12. The zero-order chi connectivity index (χ0) is 15.0. The highest BCUT2D eigenvalue weighted by atomic mass is 19.1. The van der Waals surface area contributed by atoms with E-state index in [1.54, 1.807) is 6.07 Å². The third-order valence-electron chi connectivity index (χ3n) is 5.41. The fraction of sp³-hybridized carbons (Fsp3) is 0.667. The summed E-state index contributed by atoms with van der Waals surface area (Å²) in [6.07, 6.45) is 6.58. The van der Waals surface area contributed by atoms with Crippen molar-refractivity contribution in [2.24, 2.45) is 17.6 Å². The minimum absolute atomic E-state index is 0.0371. The lowest BCUT2D eigenvalue weighted by molar-refractivity contribution is 0.0195. The monoisotopic (exact) mass is 291 g/mol. The zero-order valence-electron chi connectivity index (χ0n) is 13.1. The van der Waals surface area contributed by atoms with Crippen molar-refractivity contribution in [2.45, 2.75) is 64.0 Å². The summed E-state index contributed by atoms with van der Waals surface area (Å²) in [6.45, 7) is 4.61. The normalized spacial score (nSPS) is 32.6. The number of benzene rings is 1. The van der Waals surface area contributed by atoms with Crippen LogP contribution in [0.1, 0.15) is 64.0 Å². The predicted octanol–water partition coefficient (Wildman–Crippen LogP) is 4.58. The highest BCUT2D eigenvalue weighted by molar-refractivity contribution is 5.39. The molecule has 1 spiro atoms. The van der Waals surface area contributed by atoms with E-state index in [4.69, 9.17) is 10.5 Å². The smallest absolute Gasteiger partial charge is 0.127 e. The lowest BCUT2D eigenvalue weighted by Gasteiger charge is -2.41. The van der Waals surface area contributed by atoms with Gasteiger partial charge in [0.2, 0.25) is 0 Å². The standard InChI is InChI=1S/C18H26FNO/c1-12(2)13-4-3-8-18(9-7-13)11-16(20)15-6-5-14(19)10-17(15)21-18/h5-6,10,12-13,16H,3-4,7-9,11,20H2,1-2H3. The van der Waals surface area contributed by atoms with E-state index < -0.39 is 0 Å². The van der Waals surface area contributed by atoms with Gasteiger partial charge in [-0.3, -0.25) is 0 Å². The van der Waals surface area contributed by atoms with Gasteiger partial charge in [0, 0.05) is 24.1 Å². The van der Waals surface area contributed by atoms with Crippen molar-refractivity contribution in [3.05, 3.63) is 29.6 Å². The molecule has 1 fully saturated rings. The Morgan fingerprint density at radius 2 is 2.10 bits per heavy atom. The second-order valence-electron chi connectivity index (χ2n) is 7.21. The quantitative estimate of drug-likeness (QED) is 0.821. The summed E-state index contributed by atoms with van der Waals surface area (Å²) in [5, 5.41) is 0. The maximum atomic E-state index is 13.5. The fourth-order valence-electron chi connectivity index (χ4n) is 4.07. The molecular formula is C18H26FNO. The van der Waals surface area contributed by atoms with Gasteiger partial charge in [0.15, 0.2) is 0 Å². The fourth-order valence-corrected chi connectivity index (χ4v) is 4.07. The molecular weight excluding hydrogens is 265 g/mol. The summed E-state index contributed by atoms with van der Waals surface area (Å²) in [6, 6.07) is 4.71. The van der Waals surface area contributed by atoms with Crippen LogP contribution in [0, 0.1) is 17.7 Å². The first-order valence-electron chi connectivity index (χ1n) is 8.23. The molecule has 0 amide bonds. The maximum absolute atomic E-state index is 13.5. The molecule has 1 aliphatic heterocycles. The van der Waals surface area contributed by atoms with Crippen molar-refractivity contribution < 1.29 is 9.13 Å². The maximum Gasteiger partial charge on any atom is 0.127 e. The Morgan fingerprint density at radius 1 is 1.29 bits per heavy atom. The lowest BCUT2D eigenvalue weighted by atomic mass is 9.81. The minimum Gasteiger partial charge on any atom is -0.487 e. The third kappa shape index (κ3) is 2.94. The molecule has 2 aliphatic rings. The van der Waals surface area contributed by atoms with Crippen molar-refractivity contribution in [3.8, 4) is 5.75 Å². The van der Waals surface area contributed by atoms with Crippen molar-refractivity contribution in [3.63, 3.8) is 0 Å². The molecule has 2 N–H and O–H groups in total. The topological polar surface area (TPSA) is 35.2 Å². The number of halogens is 1. The van der Waals surface area contributed by atoms with Crippen LogP contribution in [-0.2, 0) is 0 Å². The Hall–Kier alpha value is -1.09. The Bertz CT molecular complexity index is 516. The Morgan fingerprint density at radius 3 is 2.86 bits per heavy atom. The SMILES string of the molecule is CC(C)C1CCCC2(CC1)CC(N)c1ccc(F)cc1O2. The van der Waals surface area contributed by atoms with E-state index >= 15 is 0 Å². The van der Waals surface area contributed by atoms with Gasteiger partial charge in [-0.2, -0.15) is 0 Å².